The van der Waals surface area contributed by atoms with Crippen LogP contribution in [0.15, 0.2) is 47.8 Å². The fourth-order valence-corrected chi connectivity index (χ4v) is 2.87. The van der Waals surface area contributed by atoms with Gasteiger partial charge in [-0.1, -0.05) is 6.07 Å². The minimum absolute atomic E-state index is 0.0329. The average Bonchev–Trinajstić information content (AvgIpc) is 3.05. The van der Waals surface area contributed by atoms with Crippen LogP contribution < -0.4 is 0 Å². The molecule has 2 aromatic carbocycles. The number of ether oxygens (including phenoxy) is 1. The Labute approximate surface area is 142 Å². The highest BCUT2D eigenvalue weighted by Crippen LogP contribution is 2.24. The van der Waals surface area contributed by atoms with Gasteiger partial charge in [0, 0.05) is 10.9 Å². The molecule has 1 aromatic heterocycles. The molecule has 1 N–H and O–H groups in total. The molecule has 122 valence electrons. The van der Waals surface area contributed by atoms with Gasteiger partial charge in [0.15, 0.2) is 0 Å². The summed E-state index contributed by atoms with van der Waals surface area (Å²) in [6.07, 6.45) is 0. The number of nitrogens with zero attached hydrogens (tertiary/aromatic N) is 1. The number of phenolic OH excluding ortho intramolecular Hbond substituents is 1. The summed E-state index contributed by atoms with van der Waals surface area (Å²) in [6.45, 7) is 1.78. The van der Waals surface area contributed by atoms with Gasteiger partial charge in [-0.05, 0) is 48.9 Å². The zero-order valence-electron chi connectivity index (χ0n) is 12.8. The van der Waals surface area contributed by atoms with Gasteiger partial charge in [-0.3, -0.25) is 0 Å². The molecular weight excluding hydrogens is 329 g/mol. The molecule has 0 atom stereocenters. The van der Waals surface area contributed by atoms with Crippen LogP contribution in [0, 0.1) is 12.7 Å². The number of thiazole rings is 1. The Morgan fingerprint density at radius 3 is 2.71 bits per heavy atom. The van der Waals surface area contributed by atoms with Crippen LogP contribution in [-0.2, 0) is 11.3 Å². The highest BCUT2D eigenvalue weighted by molar-refractivity contribution is 7.13. The van der Waals surface area contributed by atoms with Crippen molar-refractivity contribution in [3.8, 4) is 16.3 Å². The van der Waals surface area contributed by atoms with Crippen molar-refractivity contribution in [2.75, 3.05) is 0 Å². The summed E-state index contributed by atoms with van der Waals surface area (Å²) in [5, 5.41) is 12.2. The number of benzene rings is 2. The number of phenols is 1. The zero-order valence-corrected chi connectivity index (χ0v) is 13.6. The van der Waals surface area contributed by atoms with Gasteiger partial charge in [0.05, 0.1) is 11.3 Å². The molecule has 0 unspecified atom stereocenters. The Morgan fingerprint density at radius 2 is 2.00 bits per heavy atom. The van der Waals surface area contributed by atoms with Crippen molar-refractivity contribution in [3.05, 3.63) is 70.5 Å². The molecule has 0 aliphatic heterocycles. The summed E-state index contributed by atoms with van der Waals surface area (Å²) in [5.41, 5.74) is 2.40. The molecule has 0 saturated heterocycles. The summed E-state index contributed by atoms with van der Waals surface area (Å²) in [7, 11) is 0. The molecule has 0 fully saturated rings. The fraction of sp³-hybridized carbons (Fsp3) is 0.111. The first-order valence-electron chi connectivity index (χ1n) is 7.20. The number of esters is 1. The maximum atomic E-state index is 12.9. The molecule has 24 heavy (non-hydrogen) atoms. The van der Waals surface area contributed by atoms with E-state index in [1.165, 1.54) is 29.5 Å². The van der Waals surface area contributed by atoms with Gasteiger partial charge in [0.1, 0.15) is 23.2 Å². The Morgan fingerprint density at radius 1 is 1.25 bits per heavy atom. The van der Waals surface area contributed by atoms with Crippen LogP contribution in [0.4, 0.5) is 4.39 Å². The number of hydrogen-bond donors (Lipinski definition) is 1. The normalized spacial score (nSPS) is 10.6. The zero-order chi connectivity index (χ0) is 17.1. The van der Waals surface area contributed by atoms with Crippen molar-refractivity contribution in [2.45, 2.75) is 13.5 Å². The Hall–Kier alpha value is -2.73. The predicted molar refractivity (Wildman–Crippen MR) is 89.5 cm³/mol. The molecule has 0 radical (unpaired) electrons. The third kappa shape index (κ3) is 3.60. The first-order chi connectivity index (χ1) is 11.5. The van der Waals surface area contributed by atoms with E-state index in [1.54, 1.807) is 36.6 Å². The lowest BCUT2D eigenvalue weighted by atomic mass is 10.1. The maximum absolute atomic E-state index is 12.9. The summed E-state index contributed by atoms with van der Waals surface area (Å²) < 4.78 is 18.2. The van der Waals surface area contributed by atoms with Crippen LogP contribution in [0.25, 0.3) is 10.6 Å². The van der Waals surface area contributed by atoms with E-state index in [0.29, 0.717) is 11.3 Å². The van der Waals surface area contributed by atoms with Crippen LogP contribution in [0.5, 0.6) is 5.75 Å². The molecule has 3 aromatic rings. The van der Waals surface area contributed by atoms with E-state index < -0.39 is 5.97 Å². The van der Waals surface area contributed by atoms with Gasteiger partial charge < -0.3 is 9.84 Å². The van der Waals surface area contributed by atoms with Crippen LogP contribution in [0.3, 0.4) is 0 Å². The van der Waals surface area contributed by atoms with Gasteiger partial charge in [-0.25, -0.2) is 14.2 Å². The summed E-state index contributed by atoms with van der Waals surface area (Å²) >= 11 is 1.40. The Bertz CT molecular complexity index is 874. The quantitative estimate of drug-likeness (QED) is 0.717. The van der Waals surface area contributed by atoms with Gasteiger partial charge >= 0.3 is 5.97 Å². The van der Waals surface area contributed by atoms with E-state index in [4.69, 9.17) is 4.74 Å². The monoisotopic (exact) mass is 343 g/mol. The molecule has 0 bridgehead atoms. The molecule has 3 rings (SSSR count). The third-order valence-corrected chi connectivity index (χ3v) is 4.38. The molecule has 0 saturated carbocycles. The van der Waals surface area contributed by atoms with Crippen LogP contribution in [-0.4, -0.2) is 16.1 Å². The smallest absolute Gasteiger partial charge is 0.338 e. The number of aromatic hydroxyl groups is 1. The van der Waals surface area contributed by atoms with E-state index in [2.05, 4.69) is 4.98 Å². The Kier molecular flexibility index (Phi) is 4.57. The fourth-order valence-electron chi connectivity index (χ4n) is 2.06. The Balaban J connectivity index is 1.65. The van der Waals surface area contributed by atoms with Gasteiger partial charge in [-0.2, -0.15) is 0 Å². The van der Waals surface area contributed by atoms with Gasteiger partial charge in [0.2, 0.25) is 0 Å². The minimum atomic E-state index is -0.526. The second-order valence-electron chi connectivity index (χ2n) is 5.23. The van der Waals surface area contributed by atoms with E-state index >= 15 is 0 Å². The SMILES string of the molecule is Cc1ccc(C(=O)OCc2csc(-c3ccc(F)cc3)n2)cc1O. The molecule has 0 amide bonds. The molecule has 4 nitrogen and oxygen atoms in total. The number of carbonyl (C=O) groups excluding carboxylic acids is 1. The number of aromatic nitrogens is 1. The number of carbonyl (C=O) groups is 1. The number of hydrogen-bond acceptors (Lipinski definition) is 5. The van der Waals surface area contributed by atoms with Crippen molar-refractivity contribution in [1.82, 2.24) is 4.98 Å². The highest BCUT2D eigenvalue weighted by Gasteiger charge is 2.11. The average molecular weight is 343 g/mol. The van der Waals surface area contributed by atoms with E-state index in [-0.39, 0.29) is 23.7 Å². The predicted octanol–water partition coefficient (Wildman–Crippen LogP) is 4.32. The van der Waals surface area contributed by atoms with Crippen LogP contribution in [0.1, 0.15) is 21.6 Å². The van der Waals surface area contributed by atoms with E-state index in [9.17, 15) is 14.3 Å². The molecule has 0 aliphatic carbocycles. The van der Waals surface area contributed by atoms with Gasteiger partial charge in [0.25, 0.3) is 0 Å². The number of halogens is 1. The lowest BCUT2D eigenvalue weighted by Crippen LogP contribution is -2.05. The third-order valence-electron chi connectivity index (χ3n) is 3.44. The first kappa shape index (κ1) is 16.1. The van der Waals surface area contributed by atoms with Crippen LogP contribution >= 0.6 is 11.3 Å². The lowest BCUT2D eigenvalue weighted by molar-refractivity contribution is 0.0468. The number of rotatable bonds is 4. The van der Waals surface area contributed by atoms with Gasteiger partial charge in [-0.15, -0.1) is 11.3 Å². The highest BCUT2D eigenvalue weighted by atomic mass is 32.1. The van der Waals surface area contributed by atoms with Crippen molar-refractivity contribution in [3.63, 3.8) is 0 Å². The molecule has 0 spiro atoms. The van der Waals surface area contributed by atoms with E-state index in [1.807, 2.05) is 0 Å². The van der Waals surface area contributed by atoms with Crippen molar-refractivity contribution < 1.29 is 19.0 Å². The molecule has 6 heteroatoms. The summed E-state index contributed by atoms with van der Waals surface area (Å²) in [6, 6.07) is 10.7. The summed E-state index contributed by atoms with van der Waals surface area (Å²) in [4.78, 5) is 16.4. The molecule has 1 heterocycles. The van der Waals surface area contributed by atoms with Crippen molar-refractivity contribution in [1.29, 1.82) is 0 Å². The van der Waals surface area contributed by atoms with Crippen LogP contribution in [0.2, 0.25) is 0 Å². The second kappa shape index (κ2) is 6.80. The second-order valence-corrected chi connectivity index (χ2v) is 6.09. The maximum Gasteiger partial charge on any atom is 0.338 e. The van der Waals surface area contributed by atoms with Crippen molar-refractivity contribution >= 4 is 17.3 Å². The summed E-state index contributed by atoms with van der Waals surface area (Å²) in [5.74, 6) is -0.774. The minimum Gasteiger partial charge on any atom is -0.508 e. The van der Waals surface area contributed by atoms with E-state index in [0.717, 1.165) is 10.6 Å². The van der Waals surface area contributed by atoms with Crippen molar-refractivity contribution in [2.24, 2.45) is 0 Å². The molecule has 0 aliphatic rings. The standard InChI is InChI=1S/C18H14FNO3S/c1-11-2-3-13(8-16(11)21)18(22)23-9-15-10-24-17(20-15)12-4-6-14(19)7-5-12/h2-8,10,21H,9H2,1H3. The largest absolute Gasteiger partial charge is 0.508 e. The molecular formula is C18H14FNO3S. The first-order valence-corrected chi connectivity index (χ1v) is 8.08. The lowest BCUT2D eigenvalue weighted by Gasteiger charge is -2.04. The number of aryl methyl sites for hydroxylation is 1. The topological polar surface area (TPSA) is 59.4 Å².